The number of alkyl halides is 3. The van der Waals surface area contributed by atoms with E-state index in [1.807, 2.05) is 36.4 Å². The van der Waals surface area contributed by atoms with Crippen molar-refractivity contribution >= 4 is 10.8 Å². The molecule has 4 aromatic carbocycles. The van der Waals surface area contributed by atoms with E-state index in [-0.39, 0.29) is 11.6 Å². The monoisotopic (exact) mass is 494 g/mol. The Morgan fingerprint density at radius 1 is 0.639 bits per heavy atom. The van der Waals surface area contributed by atoms with Crippen LogP contribution in [0.3, 0.4) is 0 Å². The van der Waals surface area contributed by atoms with E-state index in [0.717, 1.165) is 47.1 Å². The molecule has 5 heteroatoms. The Labute approximate surface area is 208 Å². The first-order valence-electron chi connectivity index (χ1n) is 12.0. The summed E-state index contributed by atoms with van der Waals surface area (Å²) in [6.45, 7) is 3.69. The molecule has 0 aliphatic rings. The predicted octanol–water partition coefficient (Wildman–Crippen LogP) is 8.83. The molecule has 4 aromatic rings. The third-order valence-electron chi connectivity index (χ3n) is 6.50. The van der Waals surface area contributed by atoms with Crippen molar-refractivity contribution in [3.8, 4) is 0 Å². The second-order valence-corrected chi connectivity index (χ2v) is 9.04. The number of fused-ring (bicyclic) bond motifs is 1. The molecule has 0 saturated carbocycles. The van der Waals surface area contributed by atoms with Crippen LogP contribution in [0.25, 0.3) is 10.8 Å². The molecule has 0 amide bonds. The maximum Gasteiger partial charge on any atom is 0.416 e. The zero-order valence-electron chi connectivity index (χ0n) is 19.8. The molecule has 0 bridgehead atoms. The summed E-state index contributed by atoms with van der Waals surface area (Å²) in [5.41, 5.74) is 3.15. The Morgan fingerprint density at radius 3 is 1.94 bits per heavy atom. The van der Waals surface area contributed by atoms with Gasteiger partial charge in [0.05, 0.1) is 5.56 Å². The molecule has 0 aliphatic heterocycles. The average Bonchev–Trinajstić information content (AvgIpc) is 2.86. The van der Waals surface area contributed by atoms with Gasteiger partial charge in [-0.25, -0.2) is 8.78 Å². The van der Waals surface area contributed by atoms with E-state index in [9.17, 15) is 17.6 Å². The van der Waals surface area contributed by atoms with Crippen LogP contribution in [0.1, 0.15) is 39.8 Å². The third-order valence-corrected chi connectivity index (χ3v) is 6.50. The van der Waals surface area contributed by atoms with Crippen LogP contribution < -0.4 is 0 Å². The first-order chi connectivity index (χ1) is 17.2. The molecular formula is C31H27F5. The van der Waals surface area contributed by atoms with Gasteiger partial charge in [0.25, 0.3) is 0 Å². The Kier molecular flexibility index (Phi) is 7.88. The Bertz CT molecular complexity index is 1350. The van der Waals surface area contributed by atoms with Crippen molar-refractivity contribution in [2.75, 3.05) is 0 Å². The Balaban J connectivity index is 1.41. The molecule has 0 N–H and O–H groups in total. The van der Waals surface area contributed by atoms with Crippen LogP contribution in [0, 0.1) is 11.6 Å². The van der Waals surface area contributed by atoms with Crippen molar-refractivity contribution in [3.05, 3.63) is 130 Å². The summed E-state index contributed by atoms with van der Waals surface area (Å²) in [6.07, 6.45) is 1.03. The van der Waals surface area contributed by atoms with Gasteiger partial charge in [-0.05, 0) is 89.9 Å². The maximum atomic E-state index is 15.1. The van der Waals surface area contributed by atoms with Crippen LogP contribution >= 0.6 is 0 Å². The van der Waals surface area contributed by atoms with Gasteiger partial charge in [-0.15, -0.1) is 6.58 Å². The fourth-order valence-electron chi connectivity index (χ4n) is 4.37. The summed E-state index contributed by atoms with van der Waals surface area (Å²) in [5, 5.41) is 1.27. The first-order valence-corrected chi connectivity index (χ1v) is 12.0. The highest BCUT2D eigenvalue weighted by Gasteiger charge is 2.29. The molecule has 0 aliphatic carbocycles. The van der Waals surface area contributed by atoms with E-state index in [1.165, 1.54) is 12.1 Å². The van der Waals surface area contributed by atoms with E-state index < -0.39 is 11.7 Å². The van der Waals surface area contributed by atoms with Gasteiger partial charge in [0.15, 0.2) is 0 Å². The molecule has 0 nitrogen and oxygen atoms in total. The van der Waals surface area contributed by atoms with Crippen LogP contribution in [0.4, 0.5) is 22.0 Å². The van der Waals surface area contributed by atoms with Gasteiger partial charge in [-0.2, -0.15) is 13.2 Å². The number of aryl methyl sites for hydroxylation is 5. The second-order valence-electron chi connectivity index (χ2n) is 9.04. The van der Waals surface area contributed by atoms with Crippen LogP contribution in [-0.4, -0.2) is 0 Å². The summed E-state index contributed by atoms with van der Waals surface area (Å²) >= 11 is 0. The Hall–Kier alpha value is -3.47. The molecule has 0 radical (unpaired) electrons. The topological polar surface area (TPSA) is 0 Å². The number of rotatable bonds is 9. The highest BCUT2D eigenvalue weighted by atomic mass is 19.4. The van der Waals surface area contributed by atoms with Crippen molar-refractivity contribution in [2.45, 2.75) is 44.7 Å². The molecule has 0 atom stereocenters. The van der Waals surface area contributed by atoms with Crippen molar-refractivity contribution in [1.82, 2.24) is 0 Å². The van der Waals surface area contributed by atoms with Crippen molar-refractivity contribution in [3.63, 3.8) is 0 Å². The van der Waals surface area contributed by atoms with Crippen molar-refractivity contribution in [1.29, 1.82) is 0 Å². The normalized spacial score (nSPS) is 11.7. The number of benzene rings is 4. The minimum Gasteiger partial charge on any atom is -0.207 e. The van der Waals surface area contributed by atoms with Gasteiger partial charge in [-0.3, -0.25) is 0 Å². The first kappa shape index (κ1) is 25.6. The van der Waals surface area contributed by atoms with Gasteiger partial charge in [0.1, 0.15) is 11.6 Å². The zero-order valence-corrected chi connectivity index (χ0v) is 19.8. The van der Waals surface area contributed by atoms with Crippen molar-refractivity contribution in [2.24, 2.45) is 0 Å². The molecule has 0 aromatic heterocycles. The number of allylic oxidation sites excluding steroid dienone is 1. The molecule has 0 saturated heterocycles. The lowest BCUT2D eigenvalue weighted by Crippen LogP contribution is -2.04. The minimum absolute atomic E-state index is 0.207. The predicted molar refractivity (Wildman–Crippen MR) is 135 cm³/mol. The second kappa shape index (κ2) is 11.1. The molecule has 0 heterocycles. The van der Waals surface area contributed by atoms with Gasteiger partial charge >= 0.3 is 6.18 Å². The number of halogens is 5. The van der Waals surface area contributed by atoms with Gasteiger partial charge in [0, 0.05) is 5.39 Å². The maximum absolute atomic E-state index is 15.1. The summed E-state index contributed by atoms with van der Waals surface area (Å²) in [7, 11) is 0. The molecule has 186 valence electrons. The minimum atomic E-state index is -4.37. The van der Waals surface area contributed by atoms with E-state index in [1.54, 1.807) is 18.2 Å². The largest absolute Gasteiger partial charge is 0.416 e. The van der Waals surface area contributed by atoms with Gasteiger partial charge < -0.3 is 0 Å². The lowest BCUT2D eigenvalue weighted by molar-refractivity contribution is -0.137. The van der Waals surface area contributed by atoms with Crippen LogP contribution in [0.15, 0.2) is 85.5 Å². The SMILES string of the molecule is C=CCCc1ccc(CCc2ccc3c(F)c(CCc4ccc(C(F)(F)F)cc4)ccc3c2)c(F)c1. The van der Waals surface area contributed by atoms with Gasteiger partial charge in [0.2, 0.25) is 0 Å². The smallest absolute Gasteiger partial charge is 0.207 e. The zero-order chi connectivity index (χ0) is 25.7. The Morgan fingerprint density at radius 2 is 1.25 bits per heavy atom. The molecular weight excluding hydrogens is 467 g/mol. The fraction of sp³-hybridized carbons (Fsp3) is 0.226. The van der Waals surface area contributed by atoms with E-state index in [0.29, 0.717) is 42.2 Å². The van der Waals surface area contributed by atoms with Crippen LogP contribution in [0.5, 0.6) is 0 Å². The summed E-state index contributed by atoms with van der Waals surface area (Å²) in [6, 6.07) is 19.5. The standard InChI is InChI=1S/C31H27F5/c1-2-3-4-22-6-11-24(29(32)20-22)12-7-23-10-18-28-26(19-23)15-14-25(30(28)33)13-5-21-8-16-27(17-9-21)31(34,35)36/h2,6,8-11,14-20H,1,3-5,7,12-13H2. The lowest BCUT2D eigenvalue weighted by Gasteiger charge is -2.10. The summed E-state index contributed by atoms with van der Waals surface area (Å²) in [4.78, 5) is 0. The lowest BCUT2D eigenvalue weighted by atomic mass is 9.96. The van der Waals surface area contributed by atoms with Gasteiger partial charge in [-0.1, -0.05) is 60.7 Å². The molecule has 4 rings (SSSR count). The number of hydrogen-bond acceptors (Lipinski definition) is 0. The van der Waals surface area contributed by atoms with E-state index in [2.05, 4.69) is 6.58 Å². The van der Waals surface area contributed by atoms with E-state index >= 15 is 4.39 Å². The van der Waals surface area contributed by atoms with Crippen LogP contribution in [-0.2, 0) is 38.3 Å². The highest BCUT2D eigenvalue weighted by molar-refractivity contribution is 5.84. The number of hydrogen-bond donors (Lipinski definition) is 0. The third kappa shape index (κ3) is 6.20. The molecule has 0 unspecified atom stereocenters. The highest BCUT2D eigenvalue weighted by Crippen LogP contribution is 2.29. The van der Waals surface area contributed by atoms with Crippen molar-refractivity contribution < 1.29 is 22.0 Å². The fourth-order valence-corrected chi connectivity index (χ4v) is 4.37. The van der Waals surface area contributed by atoms with Crippen LogP contribution in [0.2, 0.25) is 0 Å². The quantitative estimate of drug-likeness (QED) is 0.161. The molecule has 0 spiro atoms. The molecule has 36 heavy (non-hydrogen) atoms. The summed E-state index contributed by atoms with van der Waals surface area (Å²) in [5.74, 6) is -0.520. The summed E-state index contributed by atoms with van der Waals surface area (Å²) < 4.78 is 67.8. The molecule has 0 fully saturated rings. The average molecular weight is 495 g/mol. The van der Waals surface area contributed by atoms with E-state index in [4.69, 9.17) is 0 Å².